The summed E-state index contributed by atoms with van der Waals surface area (Å²) >= 11 is 0. The molecule has 2 aromatic rings. The van der Waals surface area contributed by atoms with Crippen molar-refractivity contribution < 1.29 is 0 Å². The minimum absolute atomic E-state index is 0.0426. The number of aryl methyl sites for hydroxylation is 1. The lowest BCUT2D eigenvalue weighted by Crippen LogP contribution is -1.95. The third kappa shape index (κ3) is 2.80. The quantitative estimate of drug-likeness (QED) is 0.833. The van der Waals surface area contributed by atoms with Crippen LogP contribution in [0.3, 0.4) is 0 Å². The van der Waals surface area contributed by atoms with Crippen LogP contribution in [-0.2, 0) is 6.42 Å². The fourth-order valence-corrected chi connectivity index (χ4v) is 4.30. The van der Waals surface area contributed by atoms with Crippen molar-refractivity contribution in [3.05, 3.63) is 41.1 Å². The van der Waals surface area contributed by atoms with Gasteiger partial charge in [-0.25, -0.2) is 0 Å². The summed E-state index contributed by atoms with van der Waals surface area (Å²) in [6.07, 6.45) is 7.13. The Hall–Kier alpha value is -2.28. The van der Waals surface area contributed by atoms with E-state index in [2.05, 4.69) is 52.8 Å². The Labute approximate surface area is 143 Å². The van der Waals surface area contributed by atoms with Crippen molar-refractivity contribution in [2.75, 3.05) is 5.32 Å². The minimum Gasteiger partial charge on any atom is -0.339 e. The molecule has 0 saturated heterocycles. The summed E-state index contributed by atoms with van der Waals surface area (Å²) in [4.78, 5) is 0. The zero-order chi connectivity index (χ0) is 16.5. The van der Waals surface area contributed by atoms with Gasteiger partial charge in [-0.3, -0.25) is 5.10 Å². The molecule has 3 unspecified atom stereocenters. The number of H-pyrrole nitrogens is 1. The van der Waals surface area contributed by atoms with E-state index in [1.54, 1.807) is 0 Å². The summed E-state index contributed by atoms with van der Waals surface area (Å²) < 4.78 is 0. The van der Waals surface area contributed by atoms with Crippen molar-refractivity contribution in [2.24, 2.45) is 5.92 Å². The van der Waals surface area contributed by atoms with Gasteiger partial charge in [0, 0.05) is 23.4 Å². The zero-order valence-corrected chi connectivity index (χ0v) is 14.2. The van der Waals surface area contributed by atoms with E-state index in [0.29, 0.717) is 5.92 Å². The molecule has 2 aliphatic carbocycles. The lowest BCUT2D eigenvalue weighted by molar-refractivity contribution is 0.519. The summed E-state index contributed by atoms with van der Waals surface area (Å²) in [5.74, 6) is 2.41. The molecule has 124 valence electrons. The van der Waals surface area contributed by atoms with Crippen molar-refractivity contribution in [2.45, 2.75) is 57.3 Å². The molecular formula is C20H24N4. The number of anilines is 2. The number of aromatic nitrogens is 2. The highest BCUT2D eigenvalue weighted by Crippen LogP contribution is 2.40. The largest absolute Gasteiger partial charge is 0.339 e. The van der Waals surface area contributed by atoms with Crippen LogP contribution in [0.4, 0.5) is 11.5 Å². The number of nitriles is 1. The van der Waals surface area contributed by atoms with Gasteiger partial charge >= 0.3 is 0 Å². The lowest BCUT2D eigenvalue weighted by Gasteiger charge is -2.08. The summed E-state index contributed by atoms with van der Waals surface area (Å²) in [6.45, 7) is 2.29. The Morgan fingerprint density at radius 2 is 2.21 bits per heavy atom. The van der Waals surface area contributed by atoms with E-state index in [-0.39, 0.29) is 5.92 Å². The number of fused-ring (bicyclic) bond motifs is 1. The summed E-state index contributed by atoms with van der Waals surface area (Å²) in [5, 5.41) is 20.3. The van der Waals surface area contributed by atoms with Crippen molar-refractivity contribution in [1.82, 2.24) is 10.2 Å². The van der Waals surface area contributed by atoms with E-state index >= 15 is 0 Å². The SMILES string of the molecule is CCC1CCC(c2cc(Nc3ccc4c(c3)C(C#N)CC4)n[nH]2)C1. The van der Waals surface area contributed by atoms with Gasteiger partial charge in [0.1, 0.15) is 0 Å². The van der Waals surface area contributed by atoms with Gasteiger partial charge in [-0.2, -0.15) is 10.4 Å². The monoisotopic (exact) mass is 320 g/mol. The predicted octanol–water partition coefficient (Wildman–Crippen LogP) is 5.00. The molecule has 2 N–H and O–H groups in total. The van der Waals surface area contributed by atoms with Gasteiger partial charge in [-0.05, 0) is 61.3 Å². The van der Waals surface area contributed by atoms with E-state index in [0.717, 1.165) is 30.3 Å². The number of nitrogens with zero attached hydrogens (tertiary/aromatic N) is 2. The first-order valence-electron chi connectivity index (χ1n) is 9.11. The molecule has 4 heteroatoms. The number of benzene rings is 1. The fraction of sp³-hybridized carbons (Fsp3) is 0.500. The van der Waals surface area contributed by atoms with Gasteiger partial charge < -0.3 is 5.32 Å². The third-order valence-electron chi connectivity index (χ3n) is 5.81. The molecule has 0 spiro atoms. The topological polar surface area (TPSA) is 64.5 Å². The van der Waals surface area contributed by atoms with Crippen LogP contribution in [0.2, 0.25) is 0 Å². The average Bonchev–Trinajstić information content (AvgIpc) is 3.33. The van der Waals surface area contributed by atoms with Crippen LogP contribution in [0.15, 0.2) is 24.3 Å². The molecule has 0 aliphatic heterocycles. The van der Waals surface area contributed by atoms with Crippen LogP contribution < -0.4 is 5.32 Å². The molecule has 24 heavy (non-hydrogen) atoms. The second-order valence-electron chi connectivity index (χ2n) is 7.25. The molecule has 1 saturated carbocycles. The summed E-state index contributed by atoms with van der Waals surface area (Å²) in [6, 6.07) is 10.9. The molecule has 3 atom stereocenters. The van der Waals surface area contributed by atoms with E-state index in [4.69, 9.17) is 0 Å². The van der Waals surface area contributed by atoms with Crippen LogP contribution >= 0.6 is 0 Å². The molecule has 1 heterocycles. The van der Waals surface area contributed by atoms with Crippen LogP contribution in [0.5, 0.6) is 0 Å². The van der Waals surface area contributed by atoms with Gasteiger partial charge in [0.2, 0.25) is 0 Å². The molecular weight excluding hydrogens is 296 g/mol. The lowest BCUT2D eigenvalue weighted by atomic mass is 10.0. The Morgan fingerprint density at radius 1 is 1.29 bits per heavy atom. The highest BCUT2D eigenvalue weighted by atomic mass is 15.2. The maximum atomic E-state index is 9.27. The van der Waals surface area contributed by atoms with Crippen molar-refractivity contribution in [1.29, 1.82) is 5.26 Å². The van der Waals surface area contributed by atoms with E-state index in [9.17, 15) is 5.26 Å². The van der Waals surface area contributed by atoms with Gasteiger partial charge in [0.25, 0.3) is 0 Å². The molecule has 4 rings (SSSR count). The Bertz CT molecular complexity index is 770. The molecule has 4 nitrogen and oxygen atoms in total. The van der Waals surface area contributed by atoms with Crippen molar-refractivity contribution in [3.63, 3.8) is 0 Å². The standard InChI is InChI=1S/C20H24N4/c1-2-13-3-4-15(9-13)19-11-20(24-23-19)22-17-8-7-14-5-6-16(12-21)18(14)10-17/h7-8,10-11,13,15-16H,2-6,9H2,1H3,(H2,22,23,24). The van der Waals surface area contributed by atoms with E-state index in [1.165, 1.54) is 42.5 Å². The molecule has 0 amide bonds. The first kappa shape index (κ1) is 15.3. The highest BCUT2D eigenvalue weighted by Gasteiger charge is 2.26. The molecule has 1 aromatic heterocycles. The number of nitrogens with one attached hydrogen (secondary N) is 2. The maximum Gasteiger partial charge on any atom is 0.152 e. The van der Waals surface area contributed by atoms with Gasteiger partial charge in [0.15, 0.2) is 5.82 Å². The maximum absolute atomic E-state index is 9.27. The number of hydrogen-bond acceptors (Lipinski definition) is 3. The fourth-order valence-electron chi connectivity index (χ4n) is 4.30. The van der Waals surface area contributed by atoms with Crippen molar-refractivity contribution >= 4 is 11.5 Å². The smallest absolute Gasteiger partial charge is 0.152 e. The van der Waals surface area contributed by atoms with Gasteiger partial charge in [-0.1, -0.05) is 19.4 Å². The van der Waals surface area contributed by atoms with Gasteiger partial charge in [0.05, 0.1) is 12.0 Å². The molecule has 2 aliphatic rings. The summed E-state index contributed by atoms with van der Waals surface area (Å²) in [7, 11) is 0. The van der Waals surface area contributed by atoms with E-state index in [1.807, 2.05) is 0 Å². The highest BCUT2D eigenvalue weighted by molar-refractivity contribution is 5.60. The Kier molecular flexibility index (Phi) is 4.02. The molecule has 1 aromatic carbocycles. The first-order chi connectivity index (χ1) is 11.8. The third-order valence-corrected chi connectivity index (χ3v) is 5.81. The molecule has 0 radical (unpaired) electrons. The number of aromatic amines is 1. The number of hydrogen-bond donors (Lipinski definition) is 2. The van der Waals surface area contributed by atoms with E-state index < -0.39 is 0 Å². The average molecular weight is 320 g/mol. The summed E-state index contributed by atoms with van der Waals surface area (Å²) in [5.41, 5.74) is 4.77. The molecule has 1 fully saturated rings. The Morgan fingerprint density at radius 3 is 3.00 bits per heavy atom. The molecule has 0 bridgehead atoms. The van der Waals surface area contributed by atoms with Crippen LogP contribution in [0.1, 0.15) is 67.7 Å². The number of rotatable bonds is 4. The first-order valence-corrected chi connectivity index (χ1v) is 9.11. The second-order valence-corrected chi connectivity index (χ2v) is 7.25. The van der Waals surface area contributed by atoms with Crippen molar-refractivity contribution in [3.8, 4) is 6.07 Å². The second kappa shape index (κ2) is 6.32. The van der Waals surface area contributed by atoms with Gasteiger partial charge in [-0.15, -0.1) is 0 Å². The Balaban J connectivity index is 1.48. The minimum atomic E-state index is 0.0426. The van der Waals surface area contributed by atoms with Crippen LogP contribution in [0, 0.1) is 17.2 Å². The predicted molar refractivity (Wildman–Crippen MR) is 95.4 cm³/mol. The van der Waals surface area contributed by atoms with Crippen LogP contribution in [-0.4, -0.2) is 10.2 Å². The van der Waals surface area contributed by atoms with Crippen LogP contribution in [0.25, 0.3) is 0 Å². The zero-order valence-electron chi connectivity index (χ0n) is 14.2. The normalized spacial score (nSPS) is 25.4.